The standard InChI is InChI=1S/C23H25N5O4S/c1-4-28-19(11-24-22(30)16-8-9-17-18(10-16)32-13-31-17)26-27-23(28)33-12-20(29)25-21-14(2)6-5-7-15(21)3/h5-10H,4,11-13H2,1-3H3,(H,24,30)(H,25,29). The monoisotopic (exact) mass is 467 g/mol. The molecular formula is C23H25N5O4S. The van der Waals surface area contributed by atoms with Gasteiger partial charge in [-0.1, -0.05) is 30.0 Å². The molecule has 10 heteroatoms. The third-order valence-electron chi connectivity index (χ3n) is 5.23. The number of aromatic nitrogens is 3. The molecule has 2 amide bonds. The van der Waals surface area contributed by atoms with Gasteiger partial charge in [-0.25, -0.2) is 0 Å². The summed E-state index contributed by atoms with van der Waals surface area (Å²) in [5, 5.41) is 14.9. The van der Waals surface area contributed by atoms with Crippen LogP contribution in [0, 0.1) is 13.8 Å². The van der Waals surface area contributed by atoms with Crippen LogP contribution in [0.15, 0.2) is 41.6 Å². The van der Waals surface area contributed by atoms with Crippen LogP contribution in [0.2, 0.25) is 0 Å². The van der Waals surface area contributed by atoms with Gasteiger partial charge in [-0.05, 0) is 50.1 Å². The molecule has 0 fully saturated rings. The van der Waals surface area contributed by atoms with Crippen LogP contribution in [-0.4, -0.2) is 39.1 Å². The van der Waals surface area contributed by atoms with E-state index >= 15 is 0 Å². The second-order valence-electron chi connectivity index (χ2n) is 7.50. The van der Waals surface area contributed by atoms with Crippen LogP contribution < -0.4 is 20.1 Å². The molecule has 1 aliphatic rings. The number of ether oxygens (including phenoxy) is 2. The number of benzene rings is 2. The molecule has 1 aromatic heterocycles. The lowest BCUT2D eigenvalue weighted by Crippen LogP contribution is -2.24. The third-order valence-corrected chi connectivity index (χ3v) is 6.20. The van der Waals surface area contributed by atoms with Crippen molar-refractivity contribution in [3.8, 4) is 11.5 Å². The van der Waals surface area contributed by atoms with E-state index < -0.39 is 0 Å². The Kier molecular flexibility index (Phi) is 6.83. The molecule has 0 unspecified atom stereocenters. The molecule has 0 saturated carbocycles. The average molecular weight is 468 g/mol. The topological polar surface area (TPSA) is 107 Å². The molecule has 3 aromatic rings. The largest absolute Gasteiger partial charge is 0.454 e. The van der Waals surface area contributed by atoms with E-state index in [2.05, 4.69) is 20.8 Å². The molecule has 2 heterocycles. The fourth-order valence-electron chi connectivity index (χ4n) is 3.49. The molecule has 2 aromatic carbocycles. The molecule has 0 saturated heterocycles. The van der Waals surface area contributed by atoms with E-state index in [-0.39, 0.29) is 30.9 Å². The zero-order valence-corrected chi connectivity index (χ0v) is 19.5. The number of hydrogen-bond acceptors (Lipinski definition) is 7. The number of carbonyl (C=O) groups is 2. The second kappa shape index (κ2) is 9.95. The number of carbonyl (C=O) groups excluding carboxylic acids is 2. The first-order valence-corrected chi connectivity index (χ1v) is 11.5. The van der Waals surface area contributed by atoms with E-state index in [1.807, 2.05) is 43.5 Å². The number of nitrogens with zero attached hydrogens (tertiary/aromatic N) is 3. The number of rotatable bonds is 8. The molecule has 2 N–H and O–H groups in total. The predicted octanol–water partition coefficient (Wildman–Crippen LogP) is 3.30. The fraction of sp³-hybridized carbons (Fsp3) is 0.304. The van der Waals surface area contributed by atoms with Crippen molar-refractivity contribution < 1.29 is 19.1 Å². The summed E-state index contributed by atoms with van der Waals surface area (Å²) >= 11 is 1.31. The van der Waals surface area contributed by atoms with Crippen LogP contribution in [0.25, 0.3) is 0 Å². The van der Waals surface area contributed by atoms with E-state index in [1.54, 1.807) is 18.2 Å². The molecule has 172 valence electrons. The summed E-state index contributed by atoms with van der Waals surface area (Å²) < 4.78 is 12.5. The highest BCUT2D eigenvalue weighted by molar-refractivity contribution is 7.99. The van der Waals surface area contributed by atoms with Gasteiger partial charge in [0, 0.05) is 17.8 Å². The molecule has 0 atom stereocenters. The Bertz CT molecular complexity index is 1170. The number of aryl methyl sites for hydroxylation is 2. The van der Waals surface area contributed by atoms with Gasteiger partial charge >= 0.3 is 0 Å². The number of nitrogens with one attached hydrogen (secondary N) is 2. The van der Waals surface area contributed by atoms with Gasteiger partial charge in [0.2, 0.25) is 12.7 Å². The average Bonchev–Trinajstić information content (AvgIpc) is 3.44. The van der Waals surface area contributed by atoms with E-state index in [9.17, 15) is 9.59 Å². The van der Waals surface area contributed by atoms with Crippen LogP contribution >= 0.6 is 11.8 Å². The van der Waals surface area contributed by atoms with E-state index in [0.717, 1.165) is 16.8 Å². The maximum Gasteiger partial charge on any atom is 0.251 e. The SMILES string of the molecule is CCn1c(CNC(=O)c2ccc3c(c2)OCO3)nnc1SCC(=O)Nc1c(C)cccc1C. The highest BCUT2D eigenvalue weighted by Crippen LogP contribution is 2.32. The van der Waals surface area contributed by atoms with E-state index in [1.165, 1.54) is 11.8 Å². The van der Waals surface area contributed by atoms with Crippen LogP contribution in [0.1, 0.15) is 34.2 Å². The molecule has 1 aliphatic heterocycles. The molecule has 0 aliphatic carbocycles. The van der Waals surface area contributed by atoms with Crippen molar-refractivity contribution in [3.63, 3.8) is 0 Å². The van der Waals surface area contributed by atoms with Crippen molar-refractivity contribution >= 4 is 29.3 Å². The summed E-state index contributed by atoms with van der Waals surface area (Å²) in [6, 6.07) is 10.9. The number of fused-ring (bicyclic) bond motifs is 1. The van der Waals surface area contributed by atoms with Crippen molar-refractivity contribution in [2.75, 3.05) is 17.9 Å². The lowest BCUT2D eigenvalue weighted by Gasteiger charge is -2.11. The minimum Gasteiger partial charge on any atom is -0.454 e. The molecule has 33 heavy (non-hydrogen) atoms. The maximum absolute atomic E-state index is 12.5. The zero-order valence-electron chi connectivity index (χ0n) is 18.7. The molecule has 9 nitrogen and oxygen atoms in total. The fourth-order valence-corrected chi connectivity index (χ4v) is 4.31. The Hall–Kier alpha value is -3.53. The summed E-state index contributed by atoms with van der Waals surface area (Å²) in [4.78, 5) is 25.0. The van der Waals surface area contributed by atoms with Crippen molar-refractivity contribution in [2.45, 2.75) is 39.0 Å². The number of anilines is 1. The van der Waals surface area contributed by atoms with Crippen molar-refractivity contribution in [1.29, 1.82) is 0 Å². The van der Waals surface area contributed by atoms with Gasteiger partial charge in [0.05, 0.1) is 12.3 Å². The predicted molar refractivity (Wildman–Crippen MR) is 125 cm³/mol. The van der Waals surface area contributed by atoms with Gasteiger partial charge in [0.1, 0.15) is 0 Å². The Morgan fingerprint density at radius 3 is 2.61 bits per heavy atom. The first-order chi connectivity index (χ1) is 16.0. The summed E-state index contributed by atoms with van der Waals surface area (Å²) in [6.07, 6.45) is 0. The highest BCUT2D eigenvalue weighted by atomic mass is 32.2. The van der Waals surface area contributed by atoms with Crippen LogP contribution in [-0.2, 0) is 17.9 Å². The Morgan fingerprint density at radius 2 is 1.85 bits per heavy atom. The molecule has 0 bridgehead atoms. The minimum atomic E-state index is -0.249. The Balaban J connectivity index is 1.35. The quantitative estimate of drug-likeness (QED) is 0.490. The highest BCUT2D eigenvalue weighted by Gasteiger charge is 2.18. The first kappa shape index (κ1) is 22.7. The molecule has 0 radical (unpaired) electrons. The first-order valence-electron chi connectivity index (χ1n) is 10.5. The third kappa shape index (κ3) is 5.11. The van der Waals surface area contributed by atoms with Crippen LogP contribution in [0.3, 0.4) is 0 Å². The lowest BCUT2D eigenvalue weighted by molar-refractivity contribution is -0.113. The molecule has 0 spiro atoms. The summed E-state index contributed by atoms with van der Waals surface area (Å²) in [5.41, 5.74) is 3.35. The Labute approximate surface area is 195 Å². The van der Waals surface area contributed by atoms with Crippen molar-refractivity contribution in [3.05, 3.63) is 58.9 Å². The van der Waals surface area contributed by atoms with Crippen molar-refractivity contribution in [2.24, 2.45) is 0 Å². The van der Waals surface area contributed by atoms with E-state index in [4.69, 9.17) is 9.47 Å². The maximum atomic E-state index is 12.5. The van der Waals surface area contributed by atoms with Gasteiger partial charge in [0.25, 0.3) is 5.91 Å². The number of para-hydroxylation sites is 1. The van der Waals surface area contributed by atoms with Crippen LogP contribution in [0.5, 0.6) is 11.5 Å². The zero-order chi connectivity index (χ0) is 23.4. The Morgan fingerprint density at radius 1 is 1.09 bits per heavy atom. The van der Waals surface area contributed by atoms with Crippen molar-refractivity contribution in [1.82, 2.24) is 20.1 Å². The normalized spacial score (nSPS) is 12.0. The van der Waals surface area contributed by atoms with Gasteiger partial charge < -0.3 is 24.7 Å². The van der Waals surface area contributed by atoms with Gasteiger partial charge in [-0.3, -0.25) is 9.59 Å². The number of hydrogen-bond donors (Lipinski definition) is 2. The smallest absolute Gasteiger partial charge is 0.251 e. The number of thioether (sulfide) groups is 1. The van der Waals surface area contributed by atoms with Crippen LogP contribution in [0.4, 0.5) is 5.69 Å². The van der Waals surface area contributed by atoms with E-state index in [0.29, 0.717) is 34.6 Å². The second-order valence-corrected chi connectivity index (χ2v) is 8.44. The molecule has 4 rings (SSSR count). The minimum absolute atomic E-state index is 0.110. The van der Waals surface area contributed by atoms with Gasteiger partial charge in [-0.15, -0.1) is 10.2 Å². The summed E-state index contributed by atoms with van der Waals surface area (Å²) in [7, 11) is 0. The summed E-state index contributed by atoms with van der Waals surface area (Å²) in [5.74, 6) is 1.64. The molecular weight excluding hydrogens is 442 g/mol. The summed E-state index contributed by atoms with van der Waals surface area (Å²) in [6.45, 7) is 6.88. The van der Waals surface area contributed by atoms with Gasteiger partial charge in [0.15, 0.2) is 22.5 Å². The number of amides is 2. The lowest BCUT2D eigenvalue weighted by atomic mass is 10.1. The van der Waals surface area contributed by atoms with Gasteiger partial charge in [-0.2, -0.15) is 0 Å².